The SMILES string of the molecule is CSCc1ccccc1. The van der Waals surface area contributed by atoms with E-state index >= 15 is 0 Å². The maximum absolute atomic E-state index is 2.15. The van der Waals surface area contributed by atoms with E-state index in [1.54, 1.807) is 0 Å². The van der Waals surface area contributed by atoms with E-state index in [2.05, 4.69) is 30.5 Å². The van der Waals surface area contributed by atoms with Crippen LogP contribution in [0.25, 0.3) is 0 Å². The molecule has 0 N–H and O–H groups in total. The Hall–Kier alpha value is -0.430. The predicted octanol–water partition coefficient (Wildman–Crippen LogP) is 2.55. The summed E-state index contributed by atoms with van der Waals surface area (Å²) in [7, 11) is 0. The van der Waals surface area contributed by atoms with Crippen LogP contribution in [0, 0.1) is 0 Å². The maximum atomic E-state index is 2.15. The fourth-order valence-electron chi connectivity index (χ4n) is 0.741. The summed E-state index contributed by atoms with van der Waals surface area (Å²) in [5, 5.41) is 0. The molecule has 0 spiro atoms. The van der Waals surface area contributed by atoms with Crippen LogP contribution in [0.2, 0.25) is 0 Å². The highest BCUT2D eigenvalue weighted by Crippen LogP contribution is 2.06. The molecule has 0 fully saturated rings. The third-order valence-electron chi connectivity index (χ3n) is 1.15. The van der Waals surface area contributed by atoms with Gasteiger partial charge in [0.15, 0.2) is 0 Å². The van der Waals surface area contributed by atoms with Gasteiger partial charge in [-0.05, 0) is 11.8 Å². The number of hydrogen-bond donors (Lipinski definition) is 0. The summed E-state index contributed by atoms with van der Waals surface area (Å²) in [6.45, 7) is 0. The topological polar surface area (TPSA) is 0 Å². The first-order chi connectivity index (χ1) is 4.43. The van der Waals surface area contributed by atoms with Gasteiger partial charge in [-0.25, -0.2) is 0 Å². The third-order valence-corrected chi connectivity index (χ3v) is 1.78. The minimum Gasteiger partial charge on any atom is -0.161 e. The second kappa shape index (κ2) is 3.57. The van der Waals surface area contributed by atoms with Crippen molar-refractivity contribution in [3.05, 3.63) is 35.9 Å². The monoisotopic (exact) mass is 138 g/mol. The summed E-state index contributed by atoms with van der Waals surface area (Å²) in [6.07, 6.45) is 2.12. The molecule has 0 unspecified atom stereocenters. The molecular formula is C8H10S. The highest BCUT2D eigenvalue weighted by atomic mass is 32.2. The van der Waals surface area contributed by atoms with Gasteiger partial charge >= 0.3 is 0 Å². The molecule has 0 heterocycles. The first-order valence-electron chi connectivity index (χ1n) is 2.96. The normalized spacial score (nSPS) is 9.44. The van der Waals surface area contributed by atoms with Gasteiger partial charge in [0.2, 0.25) is 0 Å². The van der Waals surface area contributed by atoms with Gasteiger partial charge in [0, 0.05) is 5.75 Å². The van der Waals surface area contributed by atoms with Crippen LogP contribution in [0.5, 0.6) is 0 Å². The Kier molecular flexibility index (Phi) is 2.65. The van der Waals surface area contributed by atoms with E-state index in [1.807, 2.05) is 17.8 Å². The van der Waals surface area contributed by atoms with Crippen LogP contribution >= 0.6 is 11.8 Å². The van der Waals surface area contributed by atoms with Gasteiger partial charge in [-0.15, -0.1) is 0 Å². The minimum absolute atomic E-state index is 1.13. The summed E-state index contributed by atoms with van der Waals surface area (Å²) in [5.74, 6) is 1.13. The van der Waals surface area contributed by atoms with Crippen molar-refractivity contribution in [2.45, 2.75) is 5.75 Å². The number of rotatable bonds is 2. The van der Waals surface area contributed by atoms with Gasteiger partial charge in [-0.2, -0.15) is 11.8 Å². The molecule has 0 saturated carbocycles. The Bertz CT molecular complexity index is 157. The Morgan fingerprint density at radius 2 is 1.89 bits per heavy atom. The van der Waals surface area contributed by atoms with Crippen LogP contribution in [0.3, 0.4) is 0 Å². The van der Waals surface area contributed by atoms with Crippen LogP contribution in [-0.2, 0) is 5.75 Å². The van der Waals surface area contributed by atoms with Crippen molar-refractivity contribution < 1.29 is 0 Å². The molecule has 1 heteroatoms. The zero-order valence-electron chi connectivity index (χ0n) is 5.50. The van der Waals surface area contributed by atoms with Gasteiger partial charge in [0.25, 0.3) is 0 Å². The lowest BCUT2D eigenvalue weighted by Crippen LogP contribution is -1.74. The second-order valence-electron chi connectivity index (χ2n) is 1.92. The van der Waals surface area contributed by atoms with E-state index in [-0.39, 0.29) is 0 Å². The van der Waals surface area contributed by atoms with Crippen molar-refractivity contribution in [2.24, 2.45) is 0 Å². The number of benzene rings is 1. The summed E-state index contributed by atoms with van der Waals surface area (Å²) in [6, 6.07) is 10.5. The smallest absolute Gasteiger partial charge is 0.0181 e. The van der Waals surface area contributed by atoms with Crippen LogP contribution in [-0.4, -0.2) is 6.26 Å². The molecule has 0 nitrogen and oxygen atoms in total. The highest BCUT2D eigenvalue weighted by Gasteiger charge is 1.84. The Labute approximate surface area is 60.3 Å². The van der Waals surface area contributed by atoms with E-state index in [9.17, 15) is 0 Å². The van der Waals surface area contributed by atoms with Gasteiger partial charge < -0.3 is 0 Å². The lowest BCUT2D eigenvalue weighted by atomic mass is 10.2. The van der Waals surface area contributed by atoms with Crippen molar-refractivity contribution in [1.29, 1.82) is 0 Å². The van der Waals surface area contributed by atoms with E-state index < -0.39 is 0 Å². The quantitative estimate of drug-likeness (QED) is 0.605. The standard InChI is InChI=1S/C8H10S/c1-9-7-8-5-3-2-4-6-8/h2-6H,7H2,1H3. The average molecular weight is 138 g/mol. The van der Waals surface area contributed by atoms with E-state index in [4.69, 9.17) is 0 Å². The third kappa shape index (κ3) is 2.10. The molecule has 0 aromatic heterocycles. The molecule has 48 valence electrons. The van der Waals surface area contributed by atoms with Crippen molar-refractivity contribution in [3.8, 4) is 0 Å². The summed E-state index contributed by atoms with van der Waals surface area (Å²) in [5.41, 5.74) is 1.41. The Morgan fingerprint density at radius 3 is 2.44 bits per heavy atom. The molecule has 0 aliphatic rings. The van der Waals surface area contributed by atoms with Crippen molar-refractivity contribution >= 4 is 11.8 Å². The van der Waals surface area contributed by atoms with Crippen LogP contribution in [0.15, 0.2) is 30.3 Å². The molecule has 1 aromatic carbocycles. The molecule has 1 rings (SSSR count). The summed E-state index contributed by atoms with van der Waals surface area (Å²) >= 11 is 1.85. The fourth-order valence-corrected chi connectivity index (χ4v) is 1.27. The van der Waals surface area contributed by atoms with Gasteiger partial charge in [-0.3, -0.25) is 0 Å². The lowest BCUT2D eigenvalue weighted by molar-refractivity contribution is 1.42. The van der Waals surface area contributed by atoms with Crippen LogP contribution in [0.4, 0.5) is 0 Å². The Balaban J connectivity index is 2.61. The molecule has 9 heavy (non-hydrogen) atoms. The van der Waals surface area contributed by atoms with Crippen molar-refractivity contribution in [1.82, 2.24) is 0 Å². The van der Waals surface area contributed by atoms with E-state index in [0.29, 0.717) is 0 Å². The summed E-state index contributed by atoms with van der Waals surface area (Å²) < 4.78 is 0. The highest BCUT2D eigenvalue weighted by molar-refractivity contribution is 7.97. The molecule has 0 radical (unpaired) electrons. The molecule has 0 amide bonds. The fraction of sp³-hybridized carbons (Fsp3) is 0.250. The van der Waals surface area contributed by atoms with Crippen LogP contribution in [0.1, 0.15) is 5.56 Å². The minimum atomic E-state index is 1.13. The zero-order valence-corrected chi connectivity index (χ0v) is 6.32. The predicted molar refractivity (Wildman–Crippen MR) is 43.7 cm³/mol. The van der Waals surface area contributed by atoms with Crippen LogP contribution < -0.4 is 0 Å². The molecular weight excluding hydrogens is 128 g/mol. The van der Waals surface area contributed by atoms with Crippen molar-refractivity contribution in [2.75, 3.05) is 6.26 Å². The van der Waals surface area contributed by atoms with E-state index in [0.717, 1.165) is 5.75 Å². The largest absolute Gasteiger partial charge is 0.161 e. The lowest BCUT2D eigenvalue weighted by Gasteiger charge is -1.93. The maximum Gasteiger partial charge on any atom is 0.0181 e. The summed E-state index contributed by atoms with van der Waals surface area (Å²) in [4.78, 5) is 0. The van der Waals surface area contributed by atoms with Gasteiger partial charge in [-0.1, -0.05) is 30.3 Å². The van der Waals surface area contributed by atoms with E-state index in [1.165, 1.54) is 5.56 Å². The number of thioether (sulfide) groups is 1. The molecule has 1 aromatic rings. The Morgan fingerprint density at radius 1 is 1.22 bits per heavy atom. The second-order valence-corrected chi connectivity index (χ2v) is 2.78. The first-order valence-corrected chi connectivity index (χ1v) is 4.36. The van der Waals surface area contributed by atoms with Crippen molar-refractivity contribution in [3.63, 3.8) is 0 Å². The molecule has 0 aliphatic carbocycles. The first kappa shape index (κ1) is 6.69. The average Bonchev–Trinajstić information content (AvgIpc) is 1.91. The van der Waals surface area contributed by atoms with Gasteiger partial charge in [0.05, 0.1) is 0 Å². The van der Waals surface area contributed by atoms with Gasteiger partial charge in [0.1, 0.15) is 0 Å². The number of hydrogen-bond acceptors (Lipinski definition) is 1. The zero-order chi connectivity index (χ0) is 6.53. The molecule has 0 saturated heterocycles. The molecule has 0 bridgehead atoms. The molecule has 0 aliphatic heterocycles. The molecule has 0 atom stereocenters.